The summed E-state index contributed by atoms with van der Waals surface area (Å²) in [4.78, 5) is 40.5. The van der Waals surface area contributed by atoms with Crippen molar-refractivity contribution in [1.82, 2.24) is 4.98 Å². The Morgan fingerprint density at radius 3 is 2.71 bits per heavy atom. The highest BCUT2D eigenvalue weighted by Crippen LogP contribution is 2.33. The van der Waals surface area contributed by atoms with Crippen LogP contribution in [-0.4, -0.2) is 35.5 Å². The number of nitriles is 1. The average molecular weight is 422 g/mol. The number of nitrogens with zero attached hydrogens (tertiary/aromatic N) is 2. The van der Waals surface area contributed by atoms with Gasteiger partial charge in [-0.15, -0.1) is 11.3 Å². The number of ether oxygens (including phenoxy) is 2. The Kier molecular flexibility index (Phi) is 7.09. The summed E-state index contributed by atoms with van der Waals surface area (Å²) in [5.74, 6) is -2.05. The van der Waals surface area contributed by atoms with E-state index in [1.165, 1.54) is 25.3 Å². The minimum atomic E-state index is -1.18. The minimum absolute atomic E-state index is 0.0260. The van der Waals surface area contributed by atoms with Crippen molar-refractivity contribution in [3.05, 3.63) is 45.1 Å². The van der Waals surface area contributed by atoms with E-state index in [1.807, 2.05) is 6.07 Å². The second kappa shape index (κ2) is 9.30. The molecule has 2 aromatic heterocycles. The Bertz CT molecular complexity index is 967. The number of thiophene rings is 1. The van der Waals surface area contributed by atoms with Gasteiger partial charge in [0.15, 0.2) is 6.10 Å². The molecule has 0 radical (unpaired) electrons. The number of anilines is 1. The lowest BCUT2D eigenvalue weighted by atomic mass is 10.2. The molecule has 1 atom stereocenters. The lowest BCUT2D eigenvalue weighted by molar-refractivity contribution is -0.123. The summed E-state index contributed by atoms with van der Waals surface area (Å²) in [7, 11) is 0. The molecule has 0 aliphatic rings. The van der Waals surface area contributed by atoms with Crippen molar-refractivity contribution >= 4 is 45.8 Å². The molecule has 0 aliphatic carbocycles. The van der Waals surface area contributed by atoms with E-state index >= 15 is 0 Å². The standard InChI is InChI=1S/C18H16ClN3O5S/c1-4-26-18(25)13-9(2)12(8-20)16(28-13)22-15(23)10(3)27-17(24)11-6-5-7-21-14(11)19/h5-7,10H,4H2,1-3H3,(H,22,23). The zero-order valence-corrected chi connectivity index (χ0v) is 16.8. The molecule has 28 heavy (non-hydrogen) atoms. The molecule has 0 saturated heterocycles. The molecule has 8 nitrogen and oxygen atoms in total. The van der Waals surface area contributed by atoms with Gasteiger partial charge in [-0.1, -0.05) is 11.6 Å². The molecule has 0 fully saturated rings. The molecule has 0 spiro atoms. The molecule has 146 valence electrons. The number of pyridine rings is 1. The van der Waals surface area contributed by atoms with Crippen molar-refractivity contribution in [3.63, 3.8) is 0 Å². The smallest absolute Gasteiger partial charge is 0.348 e. The number of nitrogens with one attached hydrogen (secondary N) is 1. The van der Waals surface area contributed by atoms with Crippen LogP contribution >= 0.6 is 22.9 Å². The molecule has 2 heterocycles. The molecule has 0 saturated carbocycles. The highest BCUT2D eigenvalue weighted by Gasteiger charge is 2.25. The van der Waals surface area contributed by atoms with Gasteiger partial charge in [0.25, 0.3) is 5.91 Å². The van der Waals surface area contributed by atoms with Crippen LogP contribution in [0, 0.1) is 18.3 Å². The molecule has 1 amide bonds. The van der Waals surface area contributed by atoms with E-state index in [-0.39, 0.29) is 32.8 Å². The maximum atomic E-state index is 12.4. The number of carbonyl (C=O) groups is 3. The van der Waals surface area contributed by atoms with Crippen LogP contribution in [0.2, 0.25) is 5.15 Å². The first-order chi connectivity index (χ1) is 13.3. The summed E-state index contributed by atoms with van der Waals surface area (Å²) in [6.07, 6.45) is 0.239. The minimum Gasteiger partial charge on any atom is -0.462 e. The van der Waals surface area contributed by atoms with E-state index in [0.717, 1.165) is 11.3 Å². The summed E-state index contributed by atoms with van der Waals surface area (Å²) >= 11 is 6.76. The third-order valence-electron chi connectivity index (χ3n) is 3.59. The van der Waals surface area contributed by atoms with Crippen molar-refractivity contribution in [2.45, 2.75) is 26.9 Å². The summed E-state index contributed by atoms with van der Waals surface area (Å²) in [5, 5.41) is 12.0. The number of esters is 2. The fourth-order valence-electron chi connectivity index (χ4n) is 2.16. The molecular formula is C18H16ClN3O5S. The van der Waals surface area contributed by atoms with Gasteiger partial charge in [-0.25, -0.2) is 14.6 Å². The zero-order chi connectivity index (χ0) is 20.8. The monoisotopic (exact) mass is 421 g/mol. The van der Waals surface area contributed by atoms with E-state index in [2.05, 4.69) is 10.3 Å². The molecule has 0 bridgehead atoms. The van der Waals surface area contributed by atoms with Gasteiger partial charge in [-0.2, -0.15) is 5.26 Å². The summed E-state index contributed by atoms with van der Waals surface area (Å²) < 4.78 is 10.1. The van der Waals surface area contributed by atoms with Crippen LogP contribution in [-0.2, 0) is 14.3 Å². The first kappa shape index (κ1) is 21.3. The zero-order valence-electron chi connectivity index (χ0n) is 15.2. The first-order valence-corrected chi connectivity index (χ1v) is 9.32. The van der Waals surface area contributed by atoms with Gasteiger partial charge >= 0.3 is 11.9 Å². The van der Waals surface area contributed by atoms with Gasteiger partial charge < -0.3 is 14.8 Å². The Balaban J connectivity index is 2.15. The molecule has 10 heteroatoms. The highest BCUT2D eigenvalue weighted by molar-refractivity contribution is 7.18. The fourth-order valence-corrected chi connectivity index (χ4v) is 3.41. The number of hydrogen-bond acceptors (Lipinski definition) is 8. The maximum Gasteiger partial charge on any atom is 0.348 e. The van der Waals surface area contributed by atoms with E-state index in [1.54, 1.807) is 13.8 Å². The number of aromatic nitrogens is 1. The Hall–Kier alpha value is -2.96. The maximum absolute atomic E-state index is 12.4. The lowest BCUT2D eigenvalue weighted by Crippen LogP contribution is -2.30. The Morgan fingerprint density at radius 1 is 1.39 bits per heavy atom. The quantitative estimate of drug-likeness (QED) is 0.561. The highest BCUT2D eigenvalue weighted by atomic mass is 35.5. The van der Waals surface area contributed by atoms with E-state index in [4.69, 9.17) is 21.1 Å². The fraction of sp³-hybridized carbons (Fsp3) is 0.278. The largest absolute Gasteiger partial charge is 0.462 e. The second-order valence-electron chi connectivity index (χ2n) is 5.47. The molecule has 2 rings (SSSR count). The van der Waals surface area contributed by atoms with Crippen molar-refractivity contribution in [2.75, 3.05) is 11.9 Å². The lowest BCUT2D eigenvalue weighted by Gasteiger charge is -2.13. The Labute approximate surface area is 170 Å². The molecule has 1 unspecified atom stereocenters. The summed E-state index contributed by atoms with van der Waals surface area (Å²) in [5.41, 5.74) is 0.585. The van der Waals surface area contributed by atoms with Crippen LogP contribution in [0.4, 0.5) is 5.00 Å². The van der Waals surface area contributed by atoms with Gasteiger partial charge in [-0.3, -0.25) is 4.79 Å². The van der Waals surface area contributed by atoms with E-state index in [0.29, 0.717) is 5.56 Å². The Morgan fingerprint density at radius 2 is 2.11 bits per heavy atom. The molecular weight excluding hydrogens is 406 g/mol. The van der Waals surface area contributed by atoms with Gasteiger partial charge in [0, 0.05) is 6.20 Å². The van der Waals surface area contributed by atoms with E-state index in [9.17, 15) is 19.6 Å². The molecule has 2 aromatic rings. The number of carbonyl (C=O) groups excluding carboxylic acids is 3. The van der Waals surface area contributed by atoms with Gasteiger partial charge in [0.1, 0.15) is 21.1 Å². The van der Waals surface area contributed by atoms with Crippen molar-refractivity contribution in [2.24, 2.45) is 0 Å². The van der Waals surface area contributed by atoms with Crippen molar-refractivity contribution in [3.8, 4) is 6.07 Å². The van der Waals surface area contributed by atoms with Crippen LogP contribution in [0.1, 0.15) is 45.0 Å². The predicted molar refractivity (Wildman–Crippen MR) is 102 cm³/mol. The second-order valence-corrected chi connectivity index (χ2v) is 6.85. The van der Waals surface area contributed by atoms with Crippen LogP contribution in [0.15, 0.2) is 18.3 Å². The number of amides is 1. The van der Waals surface area contributed by atoms with Crippen LogP contribution < -0.4 is 5.32 Å². The van der Waals surface area contributed by atoms with Crippen molar-refractivity contribution < 1.29 is 23.9 Å². The number of rotatable bonds is 6. The first-order valence-electron chi connectivity index (χ1n) is 8.13. The number of hydrogen-bond donors (Lipinski definition) is 1. The van der Waals surface area contributed by atoms with Gasteiger partial charge in [0.2, 0.25) is 0 Å². The molecule has 0 aliphatic heterocycles. The van der Waals surface area contributed by atoms with Gasteiger partial charge in [-0.05, 0) is 38.5 Å². The van der Waals surface area contributed by atoms with Crippen LogP contribution in [0.5, 0.6) is 0 Å². The molecule has 0 aromatic carbocycles. The van der Waals surface area contributed by atoms with Crippen LogP contribution in [0.25, 0.3) is 0 Å². The normalized spacial score (nSPS) is 11.2. The van der Waals surface area contributed by atoms with Gasteiger partial charge in [0.05, 0.1) is 17.7 Å². The SMILES string of the molecule is CCOC(=O)c1sc(NC(=O)C(C)OC(=O)c2cccnc2Cl)c(C#N)c1C. The number of halogens is 1. The third-order valence-corrected chi connectivity index (χ3v) is 5.08. The van der Waals surface area contributed by atoms with Crippen molar-refractivity contribution in [1.29, 1.82) is 5.26 Å². The topological polar surface area (TPSA) is 118 Å². The van der Waals surface area contributed by atoms with Crippen LogP contribution in [0.3, 0.4) is 0 Å². The summed E-state index contributed by atoms with van der Waals surface area (Å²) in [6, 6.07) is 4.89. The van der Waals surface area contributed by atoms with E-state index < -0.39 is 23.9 Å². The molecule has 1 N–H and O–H groups in total. The predicted octanol–water partition coefficient (Wildman–Crippen LogP) is 3.34. The summed E-state index contributed by atoms with van der Waals surface area (Å²) in [6.45, 7) is 4.81. The average Bonchev–Trinajstić information content (AvgIpc) is 2.97. The third kappa shape index (κ3) is 4.65.